The van der Waals surface area contributed by atoms with Crippen molar-refractivity contribution in [2.24, 2.45) is 11.8 Å². The van der Waals surface area contributed by atoms with Crippen molar-refractivity contribution in [1.82, 2.24) is 0 Å². The van der Waals surface area contributed by atoms with Gasteiger partial charge in [-0.1, -0.05) is 66.3 Å². The minimum atomic E-state index is -0.148. The molecule has 0 aliphatic heterocycles. The van der Waals surface area contributed by atoms with Gasteiger partial charge in [-0.25, -0.2) is 4.39 Å². The molecule has 49 heavy (non-hydrogen) atoms. The van der Waals surface area contributed by atoms with Gasteiger partial charge in [0.25, 0.3) is 0 Å². The maximum Gasteiger partial charge on any atom is 0.126 e. The molecule has 0 amide bonds. The highest BCUT2D eigenvalue weighted by molar-refractivity contribution is 6.43. The Morgan fingerprint density at radius 2 is 1.61 bits per heavy atom. The van der Waals surface area contributed by atoms with E-state index in [0.717, 1.165) is 24.8 Å². The van der Waals surface area contributed by atoms with E-state index in [4.69, 9.17) is 0 Å². The van der Waals surface area contributed by atoms with Crippen molar-refractivity contribution in [1.29, 1.82) is 0 Å². The first kappa shape index (κ1) is 22.1. The summed E-state index contributed by atoms with van der Waals surface area (Å²) in [5, 5.41) is 17.7. The van der Waals surface area contributed by atoms with Gasteiger partial charge in [0.15, 0.2) is 0 Å². The first-order chi connectivity index (χ1) is 24.2. The SMILES string of the molecule is Fc1cccc2c1CC13c4c5c6ccc7c5c5c8c9c%10c(c%11c%12c(ccc%13c%14c(c%10c%13%12)C%10C9=C9C(C=CC7C95)C%10C=C%14)=C(CCC61)C%113C2)c48. The Labute approximate surface area is 279 Å². The zero-order chi connectivity index (χ0) is 30.5. The monoisotopic (exact) mass is 620 g/mol. The predicted octanol–water partition coefficient (Wildman–Crippen LogP) is 9.98. The van der Waals surface area contributed by atoms with Crippen molar-refractivity contribution in [3.05, 3.63) is 133 Å². The van der Waals surface area contributed by atoms with Crippen LogP contribution in [0.5, 0.6) is 0 Å². The lowest BCUT2D eigenvalue weighted by molar-refractivity contribution is 0.181. The first-order valence-corrected chi connectivity index (χ1v) is 18.9. The fourth-order valence-corrected chi connectivity index (χ4v) is 16.9. The summed E-state index contributed by atoms with van der Waals surface area (Å²) in [5.74, 6) is 2.85. The van der Waals surface area contributed by atoms with E-state index in [2.05, 4.69) is 54.6 Å². The lowest BCUT2D eigenvalue weighted by atomic mass is 9.40. The second-order valence-corrected chi connectivity index (χ2v) is 18.0. The van der Waals surface area contributed by atoms with Gasteiger partial charge in [0.05, 0.1) is 0 Å². The van der Waals surface area contributed by atoms with Crippen LogP contribution in [-0.2, 0) is 23.7 Å². The Morgan fingerprint density at radius 3 is 2.59 bits per heavy atom. The van der Waals surface area contributed by atoms with Crippen molar-refractivity contribution >= 4 is 71.1 Å². The molecule has 224 valence electrons. The maximum atomic E-state index is 16.3. The summed E-state index contributed by atoms with van der Waals surface area (Å²) >= 11 is 0. The molecular formula is C48H25F. The van der Waals surface area contributed by atoms with Crippen molar-refractivity contribution in [3.8, 4) is 0 Å². The van der Waals surface area contributed by atoms with E-state index < -0.39 is 0 Å². The second kappa shape index (κ2) is 5.81. The van der Waals surface area contributed by atoms with Crippen LogP contribution in [0.4, 0.5) is 4.39 Å². The van der Waals surface area contributed by atoms with Gasteiger partial charge in [-0.3, -0.25) is 0 Å². The zero-order valence-electron chi connectivity index (χ0n) is 26.5. The molecule has 1 saturated carbocycles. The molecule has 8 atom stereocenters. The fraction of sp³-hybridized carbons (Fsp3) is 0.250. The van der Waals surface area contributed by atoms with Crippen LogP contribution in [0.25, 0.3) is 71.1 Å². The Hall–Kier alpha value is -4.75. The van der Waals surface area contributed by atoms with Gasteiger partial charge < -0.3 is 0 Å². The van der Waals surface area contributed by atoms with Crippen LogP contribution in [-0.4, -0.2) is 0 Å². The van der Waals surface area contributed by atoms with Crippen molar-refractivity contribution in [2.75, 3.05) is 0 Å². The number of hydrogen-bond donors (Lipinski definition) is 0. The Morgan fingerprint density at radius 1 is 0.694 bits per heavy atom. The lowest BCUT2D eigenvalue weighted by Crippen LogP contribution is -2.59. The van der Waals surface area contributed by atoms with E-state index in [9.17, 15) is 0 Å². The molecule has 0 bridgehead atoms. The number of benzene rings is 5. The average Bonchev–Trinajstić information content (AvgIpc) is 3.93. The van der Waals surface area contributed by atoms with E-state index in [-0.39, 0.29) is 16.6 Å². The Balaban J connectivity index is 1.26. The van der Waals surface area contributed by atoms with Crippen LogP contribution in [0.2, 0.25) is 0 Å². The topological polar surface area (TPSA) is 0 Å². The molecule has 0 heterocycles. The van der Waals surface area contributed by atoms with Gasteiger partial charge in [0, 0.05) is 34.5 Å². The third-order valence-electron chi connectivity index (χ3n) is 17.6. The third-order valence-corrected chi connectivity index (χ3v) is 17.6. The summed E-state index contributed by atoms with van der Waals surface area (Å²) < 4.78 is 16.3. The van der Waals surface area contributed by atoms with Gasteiger partial charge >= 0.3 is 0 Å². The molecule has 0 saturated heterocycles. The van der Waals surface area contributed by atoms with Crippen molar-refractivity contribution in [3.63, 3.8) is 0 Å². The lowest BCUT2D eigenvalue weighted by Gasteiger charge is -2.61. The van der Waals surface area contributed by atoms with Crippen LogP contribution in [0.3, 0.4) is 0 Å². The Bertz CT molecular complexity index is 3330. The number of hydrogen-bond acceptors (Lipinski definition) is 0. The van der Waals surface area contributed by atoms with Crippen LogP contribution in [0, 0.1) is 17.7 Å². The first-order valence-electron chi connectivity index (χ1n) is 18.9. The maximum absolute atomic E-state index is 16.3. The minimum Gasteiger partial charge on any atom is -0.207 e. The van der Waals surface area contributed by atoms with Crippen molar-refractivity contribution in [2.45, 2.75) is 60.2 Å². The van der Waals surface area contributed by atoms with Crippen LogP contribution in [0.15, 0.2) is 66.3 Å². The van der Waals surface area contributed by atoms with E-state index in [1.54, 1.807) is 115 Å². The van der Waals surface area contributed by atoms with E-state index in [1.807, 2.05) is 6.07 Å². The van der Waals surface area contributed by atoms with Crippen LogP contribution >= 0.6 is 0 Å². The van der Waals surface area contributed by atoms with E-state index in [1.165, 1.54) is 22.9 Å². The van der Waals surface area contributed by atoms with Gasteiger partial charge in [0.2, 0.25) is 0 Å². The number of halogens is 1. The molecule has 2 spiro atoms. The standard InChI is InChI=1S/C48H25F/c49-28-3-1-2-16-14-47-26-12-13-27-24-11-9-22-20-7-5-18-17-4-6-19-21-8-10-23(26)35-33(21)38-31(19)29(17)37-30(18)32(20)39-34(22)36(24)46(48(27,47)15-25(16)28)44-42(39)40(37)41(38)43(44)45(35)47/h1-11,17-18,20,27,29,32H,12-15H2. The summed E-state index contributed by atoms with van der Waals surface area (Å²) in [7, 11) is 0. The molecule has 0 nitrogen and oxygen atoms in total. The average molecular weight is 621 g/mol. The Kier molecular flexibility index (Phi) is 2.62. The molecule has 0 N–H and O–H groups in total. The van der Waals surface area contributed by atoms with E-state index in [0.29, 0.717) is 35.5 Å². The largest absolute Gasteiger partial charge is 0.207 e. The molecule has 11 aliphatic carbocycles. The van der Waals surface area contributed by atoms with Crippen molar-refractivity contribution < 1.29 is 4.39 Å². The van der Waals surface area contributed by atoms with Crippen LogP contribution in [0.1, 0.15) is 92.1 Å². The molecule has 0 radical (unpaired) electrons. The summed E-state index contributed by atoms with van der Waals surface area (Å²) in [4.78, 5) is 0. The van der Waals surface area contributed by atoms with Gasteiger partial charge in [-0.05, 0) is 169 Å². The summed E-state index contributed by atoms with van der Waals surface area (Å²) in [6.07, 6.45) is 14.6. The molecular weight excluding hydrogens is 596 g/mol. The highest BCUT2D eigenvalue weighted by atomic mass is 19.1. The molecule has 0 aromatic heterocycles. The normalized spacial score (nSPS) is 35.8. The smallest absolute Gasteiger partial charge is 0.126 e. The highest BCUT2D eigenvalue weighted by Gasteiger charge is 2.72. The zero-order valence-corrected chi connectivity index (χ0v) is 26.5. The number of allylic oxidation sites excluding steroid dienone is 5. The van der Waals surface area contributed by atoms with Crippen LogP contribution < -0.4 is 5.22 Å². The summed E-state index contributed by atoms with van der Waals surface area (Å²) in [6, 6.07) is 16.3. The molecule has 7 aromatic rings. The molecule has 8 unspecified atom stereocenters. The van der Waals surface area contributed by atoms with Gasteiger partial charge in [-0.2, -0.15) is 0 Å². The summed E-state index contributed by atoms with van der Waals surface area (Å²) in [5.41, 5.74) is 20.4. The predicted molar refractivity (Wildman–Crippen MR) is 193 cm³/mol. The number of rotatable bonds is 0. The highest BCUT2D eigenvalue weighted by Crippen LogP contribution is 2.81. The molecule has 1 heteroatoms. The second-order valence-electron chi connectivity index (χ2n) is 18.0. The van der Waals surface area contributed by atoms with E-state index >= 15 is 4.39 Å². The van der Waals surface area contributed by atoms with Gasteiger partial charge in [-0.15, -0.1) is 0 Å². The van der Waals surface area contributed by atoms with Gasteiger partial charge in [0.1, 0.15) is 5.82 Å². The number of fused-ring (bicyclic) bond motifs is 5. The molecule has 7 aromatic carbocycles. The molecule has 1 fully saturated rings. The quantitative estimate of drug-likeness (QED) is 0.148. The fourth-order valence-electron chi connectivity index (χ4n) is 16.9. The molecule has 18 rings (SSSR count). The minimum absolute atomic E-state index is 0.0197. The third kappa shape index (κ3) is 1.56. The molecule has 11 aliphatic rings. The summed E-state index contributed by atoms with van der Waals surface area (Å²) in [6.45, 7) is 0.